The molecule has 1 unspecified atom stereocenters. The normalized spacial score (nSPS) is 13.2. The molecule has 0 aromatic heterocycles. The van der Waals surface area contributed by atoms with E-state index in [0.29, 0.717) is 17.0 Å². The molecule has 0 fully saturated rings. The summed E-state index contributed by atoms with van der Waals surface area (Å²) in [6.07, 6.45) is 0. The second-order valence-electron chi connectivity index (χ2n) is 4.89. The van der Waals surface area contributed by atoms with Gasteiger partial charge in [0.15, 0.2) is 0 Å². The lowest BCUT2D eigenvalue weighted by Crippen LogP contribution is -2.45. The number of amides is 1. The number of anilines is 1. The van der Waals surface area contributed by atoms with E-state index in [1.807, 2.05) is 18.2 Å². The highest BCUT2D eigenvalue weighted by Crippen LogP contribution is 2.28. The number of carbonyl (C=O) groups excluding carboxylic acids is 1. The van der Waals surface area contributed by atoms with E-state index in [1.165, 1.54) is 12.1 Å². The van der Waals surface area contributed by atoms with E-state index >= 15 is 0 Å². The molecule has 0 spiro atoms. The summed E-state index contributed by atoms with van der Waals surface area (Å²) in [6, 6.07) is 13.6. The zero-order valence-electron chi connectivity index (χ0n) is 12.0. The van der Waals surface area contributed by atoms with Gasteiger partial charge in [0.1, 0.15) is 17.0 Å². The maximum Gasteiger partial charge on any atom is 0.247 e. The number of benzene rings is 2. The highest BCUT2D eigenvalue weighted by atomic mass is 16.5. The van der Waals surface area contributed by atoms with Crippen molar-refractivity contribution in [2.45, 2.75) is 12.5 Å². The van der Waals surface area contributed by atoms with E-state index in [-0.39, 0.29) is 5.75 Å². The van der Waals surface area contributed by atoms with Crippen LogP contribution < -0.4 is 15.8 Å². The minimum atomic E-state index is -1.10. The summed E-state index contributed by atoms with van der Waals surface area (Å²) in [4.78, 5) is 11.9. The summed E-state index contributed by atoms with van der Waals surface area (Å²) in [5.41, 5.74) is 5.84. The van der Waals surface area contributed by atoms with Crippen molar-refractivity contribution in [2.75, 3.05) is 12.4 Å². The Balaban J connectivity index is 2.38. The van der Waals surface area contributed by atoms with E-state index in [1.54, 1.807) is 32.2 Å². The molecule has 0 aliphatic heterocycles. The molecule has 1 atom stereocenters. The van der Waals surface area contributed by atoms with Crippen LogP contribution >= 0.6 is 0 Å². The predicted molar refractivity (Wildman–Crippen MR) is 81.3 cm³/mol. The van der Waals surface area contributed by atoms with Gasteiger partial charge in [-0.1, -0.05) is 18.2 Å². The Labute approximate surface area is 123 Å². The molecule has 2 aromatic rings. The average Bonchev–Trinajstić information content (AvgIpc) is 2.47. The van der Waals surface area contributed by atoms with Gasteiger partial charge in [-0.3, -0.25) is 4.79 Å². The maximum absolute atomic E-state index is 11.9. The van der Waals surface area contributed by atoms with Gasteiger partial charge in [0.2, 0.25) is 5.91 Å². The van der Waals surface area contributed by atoms with Crippen molar-refractivity contribution < 1.29 is 14.6 Å². The molecule has 21 heavy (non-hydrogen) atoms. The van der Waals surface area contributed by atoms with Gasteiger partial charge in [0.05, 0.1) is 7.11 Å². The standard InChI is InChI=1S/C16H18N2O3/c1-16(15(17)20,11-6-8-13(19)9-7-11)18-12-4-3-5-14(10-12)21-2/h3-10,18-19H,1-2H3,(H2,17,20). The molecule has 110 valence electrons. The van der Waals surface area contributed by atoms with Crippen LogP contribution in [0.25, 0.3) is 0 Å². The summed E-state index contributed by atoms with van der Waals surface area (Å²) in [5, 5.41) is 12.5. The molecule has 0 bridgehead atoms. The van der Waals surface area contributed by atoms with E-state index in [4.69, 9.17) is 10.5 Å². The van der Waals surface area contributed by atoms with E-state index in [0.717, 1.165) is 0 Å². The van der Waals surface area contributed by atoms with Gasteiger partial charge in [0, 0.05) is 11.8 Å². The van der Waals surface area contributed by atoms with Crippen LogP contribution in [-0.2, 0) is 10.3 Å². The molecule has 0 saturated carbocycles. The molecule has 0 radical (unpaired) electrons. The van der Waals surface area contributed by atoms with Crippen molar-refractivity contribution in [1.29, 1.82) is 0 Å². The van der Waals surface area contributed by atoms with Crippen LogP contribution in [0.3, 0.4) is 0 Å². The fourth-order valence-corrected chi connectivity index (χ4v) is 2.06. The van der Waals surface area contributed by atoms with Gasteiger partial charge in [-0.25, -0.2) is 0 Å². The molecule has 1 amide bonds. The lowest BCUT2D eigenvalue weighted by Gasteiger charge is -2.29. The monoisotopic (exact) mass is 286 g/mol. The number of hydrogen-bond donors (Lipinski definition) is 3. The summed E-state index contributed by atoms with van der Waals surface area (Å²) < 4.78 is 5.16. The summed E-state index contributed by atoms with van der Waals surface area (Å²) in [5.74, 6) is 0.292. The predicted octanol–water partition coefficient (Wildman–Crippen LogP) is 2.21. The number of aromatic hydroxyl groups is 1. The SMILES string of the molecule is COc1cccc(NC(C)(C(N)=O)c2ccc(O)cc2)c1. The molecule has 5 heteroatoms. The van der Waals surface area contributed by atoms with Gasteiger partial charge in [-0.05, 0) is 36.8 Å². The second kappa shape index (κ2) is 5.75. The van der Waals surface area contributed by atoms with Gasteiger partial charge < -0.3 is 20.9 Å². The number of phenols is 1. The van der Waals surface area contributed by atoms with E-state index in [9.17, 15) is 9.90 Å². The molecule has 5 nitrogen and oxygen atoms in total. The van der Waals surface area contributed by atoms with Gasteiger partial charge in [0.25, 0.3) is 0 Å². The Hall–Kier alpha value is -2.69. The van der Waals surface area contributed by atoms with Gasteiger partial charge >= 0.3 is 0 Å². The number of carbonyl (C=O) groups is 1. The minimum Gasteiger partial charge on any atom is -0.508 e. The van der Waals surface area contributed by atoms with E-state index < -0.39 is 11.4 Å². The van der Waals surface area contributed by atoms with Crippen LogP contribution in [0.5, 0.6) is 11.5 Å². The first kappa shape index (κ1) is 14.7. The number of rotatable bonds is 5. The summed E-state index contributed by atoms with van der Waals surface area (Å²) >= 11 is 0. The van der Waals surface area contributed by atoms with Gasteiger partial charge in [-0.2, -0.15) is 0 Å². The Bertz CT molecular complexity index is 640. The molecule has 0 aliphatic carbocycles. The Kier molecular flexibility index (Phi) is 4.03. The Morgan fingerprint density at radius 1 is 1.24 bits per heavy atom. The summed E-state index contributed by atoms with van der Waals surface area (Å²) in [7, 11) is 1.58. The molecule has 0 saturated heterocycles. The van der Waals surface area contributed by atoms with Crippen LogP contribution in [-0.4, -0.2) is 18.1 Å². The first-order chi connectivity index (χ1) is 9.95. The number of primary amides is 1. The third-order valence-electron chi connectivity index (χ3n) is 3.40. The topological polar surface area (TPSA) is 84.6 Å². The van der Waals surface area contributed by atoms with Crippen LogP contribution in [0.2, 0.25) is 0 Å². The lowest BCUT2D eigenvalue weighted by molar-refractivity contribution is -0.122. The number of ether oxygens (including phenoxy) is 1. The molecular formula is C16H18N2O3. The van der Waals surface area contributed by atoms with Crippen molar-refractivity contribution in [3.8, 4) is 11.5 Å². The van der Waals surface area contributed by atoms with Crippen molar-refractivity contribution in [3.05, 3.63) is 54.1 Å². The van der Waals surface area contributed by atoms with Crippen molar-refractivity contribution >= 4 is 11.6 Å². The lowest BCUT2D eigenvalue weighted by atomic mass is 9.90. The number of nitrogens with two attached hydrogens (primary N) is 1. The Morgan fingerprint density at radius 3 is 2.48 bits per heavy atom. The third-order valence-corrected chi connectivity index (χ3v) is 3.40. The second-order valence-corrected chi connectivity index (χ2v) is 4.89. The smallest absolute Gasteiger partial charge is 0.247 e. The molecule has 2 aromatic carbocycles. The van der Waals surface area contributed by atoms with Crippen molar-refractivity contribution in [1.82, 2.24) is 0 Å². The van der Waals surface area contributed by atoms with Gasteiger partial charge in [-0.15, -0.1) is 0 Å². The highest BCUT2D eigenvalue weighted by Gasteiger charge is 2.33. The van der Waals surface area contributed by atoms with Crippen LogP contribution in [0.4, 0.5) is 5.69 Å². The molecule has 0 aliphatic rings. The maximum atomic E-state index is 11.9. The zero-order chi connectivity index (χ0) is 15.5. The fraction of sp³-hybridized carbons (Fsp3) is 0.188. The number of phenolic OH excluding ortho intramolecular Hbond substituents is 1. The number of nitrogens with one attached hydrogen (secondary N) is 1. The Morgan fingerprint density at radius 2 is 1.90 bits per heavy atom. The van der Waals surface area contributed by atoms with Crippen LogP contribution in [0.15, 0.2) is 48.5 Å². The molecular weight excluding hydrogens is 268 g/mol. The van der Waals surface area contributed by atoms with Crippen molar-refractivity contribution in [3.63, 3.8) is 0 Å². The molecule has 0 heterocycles. The zero-order valence-corrected chi connectivity index (χ0v) is 12.0. The fourth-order valence-electron chi connectivity index (χ4n) is 2.06. The molecule has 2 rings (SSSR count). The number of methoxy groups -OCH3 is 1. The van der Waals surface area contributed by atoms with E-state index in [2.05, 4.69) is 5.32 Å². The summed E-state index contributed by atoms with van der Waals surface area (Å²) in [6.45, 7) is 1.70. The highest BCUT2D eigenvalue weighted by molar-refractivity contribution is 5.89. The first-order valence-electron chi connectivity index (χ1n) is 6.47. The quantitative estimate of drug-likeness (QED) is 0.786. The average molecular weight is 286 g/mol. The largest absolute Gasteiger partial charge is 0.508 e. The minimum absolute atomic E-state index is 0.131. The third kappa shape index (κ3) is 3.08. The van der Waals surface area contributed by atoms with Crippen molar-refractivity contribution in [2.24, 2.45) is 5.73 Å². The first-order valence-corrected chi connectivity index (χ1v) is 6.47. The van der Waals surface area contributed by atoms with Crippen LogP contribution in [0.1, 0.15) is 12.5 Å². The molecule has 4 N–H and O–H groups in total. The van der Waals surface area contributed by atoms with Crippen LogP contribution in [0, 0.1) is 0 Å². The number of hydrogen-bond acceptors (Lipinski definition) is 4.